The lowest BCUT2D eigenvalue weighted by Gasteiger charge is -2.29. The van der Waals surface area contributed by atoms with Gasteiger partial charge >= 0.3 is 5.97 Å². The smallest absolute Gasteiger partial charge is 0.356 e. The lowest BCUT2D eigenvalue weighted by atomic mass is 10.1. The molecule has 7 nitrogen and oxygen atoms in total. The molecule has 26 heavy (non-hydrogen) atoms. The molecular weight excluding hydrogens is 334 g/mol. The lowest BCUT2D eigenvalue weighted by Crippen LogP contribution is -2.35. The molecule has 0 spiro atoms. The zero-order valence-corrected chi connectivity index (χ0v) is 14.1. The van der Waals surface area contributed by atoms with Crippen LogP contribution in [-0.2, 0) is 4.84 Å². The lowest BCUT2D eigenvalue weighted by molar-refractivity contribution is -0.0584. The average molecular weight is 351 g/mol. The number of piperidine rings is 1. The summed E-state index contributed by atoms with van der Waals surface area (Å²) < 4.78 is 0. The summed E-state index contributed by atoms with van der Waals surface area (Å²) in [5.41, 5.74) is 0.700. The number of rotatable bonds is 3. The number of carbonyl (C=O) groups excluding carboxylic acids is 3. The summed E-state index contributed by atoms with van der Waals surface area (Å²) in [5.74, 6) is -1.52. The van der Waals surface area contributed by atoms with E-state index in [9.17, 15) is 14.4 Å². The van der Waals surface area contributed by atoms with Gasteiger partial charge in [0.1, 0.15) is 11.4 Å². The summed E-state index contributed by atoms with van der Waals surface area (Å²) in [4.78, 5) is 48.9. The van der Waals surface area contributed by atoms with Crippen LogP contribution in [-0.4, -0.2) is 40.9 Å². The third-order valence-corrected chi connectivity index (χ3v) is 4.59. The van der Waals surface area contributed by atoms with E-state index in [0.29, 0.717) is 10.9 Å². The standard InChI is InChI=1S/C19H17N3O4/c23-17-13-7-2-3-8-14(13)18(24)22(17)26-19(25)15-9-6-10-20-16(15)21-11-4-1-5-12-21/h2-3,6-10H,1,4-5,11-12H2. The number of carbonyl (C=O) groups is 3. The number of pyridine rings is 1. The van der Waals surface area contributed by atoms with Crippen LogP contribution in [0.1, 0.15) is 50.3 Å². The van der Waals surface area contributed by atoms with Crippen LogP contribution in [0, 0.1) is 0 Å². The molecule has 0 atom stereocenters. The van der Waals surface area contributed by atoms with Crippen molar-refractivity contribution in [3.63, 3.8) is 0 Å². The second-order valence-corrected chi connectivity index (χ2v) is 6.25. The van der Waals surface area contributed by atoms with Crippen molar-refractivity contribution >= 4 is 23.6 Å². The van der Waals surface area contributed by atoms with Crippen LogP contribution in [0.5, 0.6) is 0 Å². The third-order valence-electron chi connectivity index (χ3n) is 4.59. The maximum absolute atomic E-state index is 12.7. The molecule has 132 valence electrons. The molecule has 0 unspecified atom stereocenters. The zero-order valence-electron chi connectivity index (χ0n) is 14.1. The van der Waals surface area contributed by atoms with E-state index >= 15 is 0 Å². The number of amides is 2. The van der Waals surface area contributed by atoms with E-state index in [-0.39, 0.29) is 16.7 Å². The molecule has 1 saturated heterocycles. The summed E-state index contributed by atoms with van der Waals surface area (Å²) in [6, 6.07) is 9.61. The first-order valence-corrected chi connectivity index (χ1v) is 8.57. The highest BCUT2D eigenvalue weighted by atomic mass is 16.7. The third kappa shape index (κ3) is 2.71. The Hall–Kier alpha value is -3.22. The van der Waals surface area contributed by atoms with Crippen LogP contribution in [0.25, 0.3) is 0 Å². The average Bonchev–Trinajstić information content (AvgIpc) is 2.94. The molecule has 2 aromatic rings. The Morgan fingerprint density at radius 2 is 1.58 bits per heavy atom. The van der Waals surface area contributed by atoms with Gasteiger partial charge in [0, 0.05) is 19.3 Å². The fourth-order valence-electron chi connectivity index (χ4n) is 3.30. The van der Waals surface area contributed by atoms with Crippen molar-refractivity contribution in [2.24, 2.45) is 0 Å². The number of hydrogen-bond donors (Lipinski definition) is 0. The fourth-order valence-corrected chi connectivity index (χ4v) is 3.30. The molecule has 1 fully saturated rings. The second-order valence-electron chi connectivity index (χ2n) is 6.25. The monoisotopic (exact) mass is 351 g/mol. The van der Waals surface area contributed by atoms with Gasteiger partial charge in [0.05, 0.1) is 11.1 Å². The van der Waals surface area contributed by atoms with Gasteiger partial charge in [-0.15, -0.1) is 0 Å². The number of imide groups is 1. The van der Waals surface area contributed by atoms with E-state index in [1.54, 1.807) is 30.5 Å². The SMILES string of the molecule is O=C(ON1C(=O)c2ccccc2C1=O)c1cccnc1N1CCCCC1. The van der Waals surface area contributed by atoms with Crippen LogP contribution < -0.4 is 4.90 Å². The van der Waals surface area contributed by atoms with Gasteiger partial charge in [0.15, 0.2) is 0 Å². The molecule has 4 rings (SSSR count). The number of hydrogen-bond acceptors (Lipinski definition) is 6. The predicted molar refractivity (Wildman–Crippen MR) is 92.7 cm³/mol. The number of benzene rings is 1. The first kappa shape index (κ1) is 16.3. The van der Waals surface area contributed by atoms with Gasteiger partial charge in [-0.1, -0.05) is 17.2 Å². The minimum absolute atomic E-state index is 0.229. The van der Waals surface area contributed by atoms with E-state index in [1.807, 2.05) is 4.90 Å². The first-order chi connectivity index (χ1) is 12.7. The number of anilines is 1. The topological polar surface area (TPSA) is 79.8 Å². The Bertz CT molecular complexity index is 855. The van der Waals surface area contributed by atoms with E-state index in [2.05, 4.69) is 4.98 Å². The van der Waals surface area contributed by atoms with Gasteiger partial charge in [0.25, 0.3) is 11.8 Å². The number of fused-ring (bicyclic) bond motifs is 1. The fraction of sp³-hybridized carbons (Fsp3) is 0.263. The molecule has 0 aliphatic carbocycles. The van der Waals surface area contributed by atoms with Gasteiger partial charge in [0.2, 0.25) is 0 Å². The molecule has 2 amide bonds. The summed E-state index contributed by atoms with van der Waals surface area (Å²) in [7, 11) is 0. The normalized spacial score (nSPS) is 16.6. The number of nitrogens with zero attached hydrogens (tertiary/aromatic N) is 3. The van der Waals surface area contributed by atoms with Gasteiger partial charge in [-0.3, -0.25) is 9.59 Å². The quantitative estimate of drug-likeness (QED) is 0.790. The summed E-state index contributed by atoms with van der Waals surface area (Å²) >= 11 is 0. The van der Waals surface area contributed by atoms with Crippen LogP contribution in [0.4, 0.5) is 5.82 Å². The molecule has 0 N–H and O–H groups in total. The Kier molecular flexibility index (Phi) is 4.12. The highest BCUT2D eigenvalue weighted by molar-refractivity contribution is 6.21. The zero-order chi connectivity index (χ0) is 18.1. The molecule has 2 aliphatic rings. The van der Waals surface area contributed by atoms with E-state index in [4.69, 9.17) is 4.84 Å². The highest BCUT2D eigenvalue weighted by Crippen LogP contribution is 2.26. The van der Waals surface area contributed by atoms with Crippen molar-refractivity contribution in [3.05, 3.63) is 59.3 Å². The molecule has 1 aromatic carbocycles. The number of hydroxylamine groups is 2. The van der Waals surface area contributed by atoms with Gasteiger partial charge in [-0.05, 0) is 43.5 Å². The van der Waals surface area contributed by atoms with Gasteiger partial charge in [-0.2, -0.15) is 0 Å². The van der Waals surface area contributed by atoms with Crippen molar-refractivity contribution < 1.29 is 19.2 Å². The van der Waals surface area contributed by atoms with E-state index < -0.39 is 17.8 Å². The summed E-state index contributed by atoms with van der Waals surface area (Å²) in [6.45, 7) is 1.62. The van der Waals surface area contributed by atoms with Gasteiger partial charge < -0.3 is 9.74 Å². The van der Waals surface area contributed by atoms with Crippen LogP contribution in [0.3, 0.4) is 0 Å². The number of aromatic nitrogens is 1. The van der Waals surface area contributed by atoms with Crippen molar-refractivity contribution in [2.75, 3.05) is 18.0 Å². The highest BCUT2D eigenvalue weighted by Gasteiger charge is 2.39. The predicted octanol–water partition coefficient (Wildman–Crippen LogP) is 2.44. The Labute approximate surface area is 150 Å². The molecular formula is C19H17N3O4. The largest absolute Gasteiger partial charge is 0.367 e. The van der Waals surface area contributed by atoms with Crippen LogP contribution >= 0.6 is 0 Å². The van der Waals surface area contributed by atoms with Crippen molar-refractivity contribution in [1.82, 2.24) is 10.0 Å². The summed E-state index contributed by atoms with van der Waals surface area (Å²) in [5, 5.41) is 0.528. The van der Waals surface area contributed by atoms with Crippen LogP contribution in [0.2, 0.25) is 0 Å². The van der Waals surface area contributed by atoms with Crippen molar-refractivity contribution in [2.45, 2.75) is 19.3 Å². The van der Waals surface area contributed by atoms with E-state index in [1.165, 1.54) is 12.1 Å². The molecule has 0 radical (unpaired) electrons. The van der Waals surface area contributed by atoms with Crippen LogP contribution in [0.15, 0.2) is 42.6 Å². The first-order valence-electron chi connectivity index (χ1n) is 8.57. The molecule has 2 aliphatic heterocycles. The molecule has 0 bridgehead atoms. The molecule has 7 heteroatoms. The summed E-state index contributed by atoms with van der Waals surface area (Å²) in [6.07, 6.45) is 4.83. The van der Waals surface area contributed by atoms with Gasteiger partial charge in [-0.25, -0.2) is 9.78 Å². The Morgan fingerprint density at radius 3 is 2.23 bits per heavy atom. The molecule has 1 aromatic heterocycles. The molecule has 3 heterocycles. The van der Waals surface area contributed by atoms with Crippen molar-refractivity contribution in [3.8, 4) is 0 Å². The van der Waals surface area contributed by atoms with Crippen molar-refractivity contribution in [1.29, 1.82) is 0 Å². The Balaban J connectivity index is 1.58. The minimum atomic E-state index is -0.770. The maximum Gasteiger partial charge on any atom is 0.367 e. The second kappa shape index (κ2) is 6.59. The molecule has 0 saturated carbocycles. The Morgan fingerprint density at radius 1 is 0.923 bits per heavy atom. The maximum atomic E-state index is 12.7. The minimum Gasteiger partial charge on any atom is -0.356 e. The van der Waals surface area contributed by atoms with E-state index in [0.717, 1.165) is 32.4 Å².